The smallest absolute Gasteiger partial charge is 0.175 e. The van der Waals surface area contributed by atoms with E-state index in [1.165, 1.54) is 6.07 Å². The number of fused-ring (bicyclic) bond motifs is 1. The average molecular weight is 328 g/mol. The van der Waals surface area contributed by atoms with E-state index in [4.69, 9.17) is 4.52 Å². The number of benzene rings is 2. The van der Waals surface area contributed by atoms with Crippen LogP contribution in [0.15, 0.2) is 40.9 Å². The zero-order valence-electron chi connectivity index (χ0n) is 13.9. The summed E-state index contributed by atoms with van der Waals surface area (Å²) in [6.45, 7) is 6.49. The summed E-state index contributed by atoms with van der Waals surface area (Å²) in [5, 5.41) is 15.2. The summed E-state index contributed by atoms with van der Waals surface area (Å²) in [6.07, 6.45) is 0.356. The minimum absolute atomic E-state index is 0.197. The molecule has 0 radical (unpaired) electrons. The fourth-order valence-corrected chi connectivity index (χ4v) is 2.87. The molecular formula is C19H21FN2O2. The van der Waals surface area contributed by atoms with Crippen molar-refractivity contribution in [3.05, 3.63) is 59.0 Å². The zero-order chi connectivity index (χ0) is 17.1. The van der Waals surface area contributed by atoms with Crippen molar-refractivity contribution in [1.82, 2.24) is 10.1 Å². The van der Waals surface area contributed by atoms with Crippen molar-refractivity contribution in [2.45, 2.75) is 26.8 Å². The Morgan fingerprint density at radius 1 is 1.12 bits per heavy atom. The van der Waals surface area contributed by atoms with E-state index in [0.717, 1.165) is 24.0 Å². The first kappa shape index (κ1) is 16.5. The molecule has 0 aliphatic rings. The Labute approximate surface area is 140 Å². The van der Waals surface area contributed by atoms with Crippen LogP contribution in [0, 0.1) is 5.82 Å². The van der Waals surface area contributed by atoms with Gasteiger partial charge in [-0.25, -0.2) is 4.39 Å². The number of phenols is 1. The molecule has 0 atom stereocenters. The Morgan fingerprint density at radius 3 is 2.58 bits per heavy atom. The first-order valence-electron chi connectivity index (χ1n) is 8.18. The van der Waals surface area contributed by atoms with E-state index in [2.05, 4.69) is 23.9 Å². The molecule has 0 bridgehead atoms. The minimum Gasteiger partial charge on any atom is -0.507 e. The fraction of sp³-hybridized carbons (Fsp3) is 0.316. The number of hydrogen-bond donors (Lipinski definition) is 1. The molecule has 0 aliphatic heterocycles. The highest BCUT2D eigenvalue weighted by Crippen LogP contribution is 2.31. The van der Waals surface area contributed by atoms with Crippen molar-refractivity contribution in [2.24, 2.45) is 0 Å². The molecule has 0 saturated carbocycles. The van der Waals surface area contributed by atoms with E-state index >= 15 is 0 Å². The van der Waals surface area contributed by atoms with Crippen LogP contribution in [0.3, 0.4) is 0 Å². The molecule has 1 aromatic heterocycles. The van der Waals surface area contributed by atoms with Gasteiger partial charge in [-0.05, 0) is 36.9 Å². The number of hydrogen-bond acceptors (Lipinski definition) is 4. The van der Waals surface area contributed by atoms with Gasteiger partial charge in [-0.15, -0.1) is 0 Å². The third-order valence-electron chi connectivity index (χ3n) is 4.39. The average Bonchev–Trinajstić information content (AvgIpc) is 2.99. The van der Waals surface area contributed by atoms with Crippen LogP contribution in [0.25, 0.3) is 11.0 Å². The maximum Gasteiger partial charge on any atom is 0.175 e. The number of aromatic nitrogens is 1. The van der Waals surface area contributed by atoms with Crippen molar-refractivity contribution in [1.29, 1.82) is 0 Å². The molecule has 2 aromatic carbocycles. The summed E-state index contributed by atoms with van der Waals surface area (Å²) in [7, 11) is 0. The van der Waals surface area contributed by atoms with E-state index in [-0.39, 0.29) is 11.6 Å². The second-order valence-electron chi connectivity index (χ2n) is 5.80. The van der Waals surface area contributed by atoms with E-state index < -0.39 is 0 Å². The zero-order valence-corrected chi connectivity index (χ0v) is 13.9. The predicted octanol–water partition coefficient (Wildman–Crippen LogP) is 4.11. The second kappa shape index (κ2) is 7.01. The van der Waals surface area contributed by atoms with Crippen LogP contribution in [0.1, 0.15) is 30.7 Å². The van der Waals surface area contributed by atoms with Gasteiger partial charge in [-0.3, -0.25) is 4.90 Å². The molecule has 1 N–H and O–H groups in total. The van der Waals surface area contributed by atoms with E-state index in [0.29, 0.717) is 29.8 Å². The molecule has 0 fully saturated rings. The number of phenolic OH excluding ortho intramolecular Hbond substituents is 1. The molecule has 24 heavy (non-hydrogen) atoms. The Kier molecular flexibility index (Phi) is 4.81. The lowest BCUT2D eigenvalue weighted by molar-refractivity contribution is 0.289. The molecule has 0 spiro atoms. The molecule has 0 saturated heterocycles. The van der Waals surface area contributed by atoms with Crippen LogP contribution in [-0.4, -0.2) is 28.3 Å². The predicted molar refractivity (Wildman–Crippen MR) is 91.5 cm³/mol. The van der Waals surface area contributed by atoms with Gasteiger partial charge in [0, 0.05) is 18.4 Å². The van der Waals surface area contributed by atoms with Crippen LogP contribution >= 0.6 is 0 Å². The largest absolute Gasteiger partial charge is 0.507 e. The summed E-state index contributed by atoms with van der Waals surface area (Å²) >= 11 is 0. The summed E-state index contributed by atoms with van der Waals surface area (Å²) in [4.78, 5) is 2.19. The maximum absolute atomic E-state index is 13.9. The monoisotopic (exact) mass is 328 g/mol. The molecule has 0 aliphatic carbocycles. The Morgan fingerprint density at radius 2 is 1.88 bits per heavy atom. The van der Waals surface area contributed by atoms with Gasteiger partial charge >= 0.3 is 0 Å². The standard InChI is InChI=1S/C19H21FN2O2/c1-3-22(4-2)12-15-18(23)10-9-14-17(21-24-19(14)15)11-13-7-5-6-8-16(13)20/h5-10,23H,3-4,11-12H2,1-2H3. The molecular weight excluding hydrogens is 307 g/mol. The summed E-state index contributed by atoms with van der Waals surface area (Å²) in [5.74, 6) is -0.0567. The summed E-state index contributed by atoms with van der Waals surface area (Å²) in [5.41, 5.74) is 2.55. The number of nitrogens with zero attached hydrogens (tertiary/aromatic N) is 2. The Balaban J connectivity index is 1.99. The quantitative estimate of drug-likeness (QED) is 0.740. The van der Waals surface area contributed by atoms with Gasteiger partial charge in [-0.2, -0.15) is 0 Å². The van der Waals surface area contributed by atoms with Crippen molar-refractivity contribution >= 4 is 11.0 Å². The topological polar surface area (TPSA) is 49.5 Å². The first-order chi connectivity index (χ1) is 11.6. The molecule has 5 heteroatoms. The van der Waals surface area contributed by atoms with Crippen molar-refractivity contribution in [3.8, 4) is 5.75 Å². The van der Waals surface area contributed by atoms with E-state index in [9.17, 15) is 9.50 Å². The number of rotatable bonds is 6. The van der Waals surface area contributed by atoms with Crippen molar-refractivity contribution in [3.63, 3.8) is 0 Å². The normalized spacial score (nSPS) is 11.5. The van der Waals surface area contributed by atoms with Gasteiger partial charge in [0.15, 0.2) is 5.58 Å². The minimum atomic E-state index is -0.254. The van der Waals surface area contributed by atoms with Gasteiger partial charge < -0.3 is 9.63 Å². The molecule has 4 nitrogen and oxygen atoms in total. The van der Waals surface area contributed by atoms with Crippen LogP contribution in [0.2, 0.25) is 0 Å². The lowest BCUT2D eigenvalue weighted by Gasteiger charge is -2.18. The van der Waals surface area contributed by atoms with Gasteiger partial charge in [-0.1, -0.05) is 37.2 Å². The van der Waals surface area contributed by atoms with Gasteiger partial charge in [0.05, 0.1) is 11.3 Å². The van der Waals surface area contributed by atoms with Gasteiger partial charge in [0.25, 0.3) is 0 Å². The third kappa shape index (κ3) is 3.12. The molecule has 0 amide bonds. The fourth-order valence-electron chi connectivity index (χ4n) is 2.87. The van der Waals surface area contributed by atoms with Gasteiger partial charge in [0.2, 0.25) is 0 Å². The van der Waals surface area contributed by atoms with E-state index in [1.807, 2.05) is 0 Å². The van der Waals surface area contributed by atoms with Crippen LogP contribution in [0.5, 0.6) is 5.75 Å². The number of aromatic hydroxyl groups is 1. The lowest BCUT2D eigenvalue weighted by atomic mass is 10.0. The van der Waals surface area contributed by atoms with E-state index in [1.54, 1.807) is 30.3 Å². The molecule has 1 heterocycles. The summed E-state index contributed by atoms with van der Waals surface area (Å²) < 4.78 is 19.4. The molecule has 126 valence electrons. The highest BCUT2D eigenvalue weighted by atomic mass is 19.1. The summed E-state index contributed by atoms with van der Waals surface area (Å²) in [6, 6.07) is 10.1. The molecule has 3 aromatic rings. The third-order valence-corrected chi connectivity index (χ3v) is 4.39. The first-order valence-corrected chi connectivity index (χ1v) is 8.18. The number of halogens is 1. The van der Waals surface area contributed by atoms with Crippen molar-refractivity contribution in [2.75, 3.05) is 13.1 Å². The van der Waals surface area contributed by atoms with Crippen LogP contribution < -0.4 is 0 Å². The lowest BCUT2D eigenvalue weighted by Crippen LogP contribution is -2.22. The second-order valence-corrected chi connectivity index (χ2v) is 5.80. The Bertz CT molecular complexity index is 840. The SMILES string of the molecule is CCN(CC)Cc1c(O)ccc2c(Cc3ccccc3F)noc12. The molecule has 3 rings (SSSR count). The van der Waals surface area contributed by atoms with Gasteiger partial charge in [0.1, 0.15) is 11.6 Å². The Hall–Kier alpha value is -2.40. The highest BCUT2D eigenvalue weighted by molar-refractivity contribution is 5.84. The maximum atomic E-state index is 13.9. The van der Waals surface area contributed by atoms with Crippen LogP contribution in [-0.2, 0) is 13.0 Å². The molecule has 0 unspecified atom stereocenters. The van der Waals surface area contributed by atoms with Crippen molar-refractivity contribution < 1.29 is 14.0 Å². The highest BCUT2D eigenvalue weighted by Gasteiger charge is 2.18. The van der Waals surface area contributed by atoms with Crippen LogP contribution in [0.4, 0.5) is 4.39 Å².